The van der Waals surface area contributed by atoms with Gasteiger partial charge in [-0.1, -0.05) is 44.2 Å². The van der Waals surface area contributed by atoms with Crippen molar-refractivity contribution < 1.29 is 4.79 Å². The fourth-order valence-electron chi connectivity index (χ4n) is 2.44. The SMILES string of the molecule is CCC(N)(CC)CNC(=O)c1cnn(Cc2ccccc2)c1C.Cl. The van der Waals surface area contributed by atoms with Crippen LogP contribution in [0.1, 0.15) is 48.3 Å². The maximum Gasteiger partial charge on any atom is 0.254 e. The van der Waals surface area contributed by atoms with Crippen LogP contribution in [0.2, 0.25) is 0 Å². The zero-order valence-electron chi connectivity index (χ0n) is 14.6. The number of rotatable bonds is 7. The molecule has 3 N–H and O–H groups in total. The van der Waals surface area contributed by atoms with E-state index in [0.717, 1.165) is 24.1 Å². The highest BCUT2D eigenvalue weighted by molar-refractivity contribution is 5.95. The van der Waals surface area contributed by atoms with Crippen molar-refractivity contribution in [1.29, 1.82) is 0 Å². The van der Waals surface area contributed by atoms with Gasteiger partial charge in [0.05, 0.1) is 18.3 Å². The van der Waals surface area contributed by atoms with Crippen LogP contribution in [0.25, 0.3) is 0 Å². The fraction of sp³-hybridized carbons (Fsp3) is 0.444. The minimum atomic E-state index is -0.344. The number of carbonyl (C=O) groups excluding carboxylic acids is 1. The van der Waals surface area contributed by atoms with Crippen LogP contribution in [0.4, 0.5) is 0 Å². The second-order valence-corrected chi connectivity index (χ2v) is 6.04. The van der Waals surface area contributed by atoms with E-state index in [1.807, 2.05) is 55.8 Å². The first-order chi connectivity index (χ1) is 11.0. The summed E-state index contributed by atoms with van der Waals surface area (Å²) in [7, 11) is 0. The predicted octanol–water partition coefficient (Wildman–Crippen LogP) is 2.91. The Kier molecular flexibility index (Phi) is 7.45. The molecule has 5 nitrogen and oxygen atoms in total. The van der Waals surface area contributed by atoms with Gasteiger partial charge in [-0.2, -0.15) is 5.10 Å². The lowest BCUT2D eigenvalue weighted by Crippen LogP contribution is -2.49. The number of nitrogens with two attached hydrogens (primary N) is 1. The van der Waals surface area contributed by atoms with Gasteiger partial charge in [-0.05, 0) is 25.3 Å². The summed E-state index contributed by atoms with van der Waals surface area (Å²) in [5.74, 6) is -0.112. The van der Waals surface area contributed by atoms with Crippen molar-refractivity contribution in [1.82, 2.24) is 15.1 Å². The number of benzene rings is 1. The molecule has 6 heteroatoms. The molecule has 2 aromatic rings. The van der Waals surface area contributed by atoms with Crippen LogP contribution in [-0.4, -0.2) is 27.8 Å². The van der Waals surface area contributed by atoms with E-state index >= 15 is 0 Å². The molecule has 0 atom stereocenters. The monoisotopic (exact) mass is 350 g/mol. The lowest BCUT2D eigenvalue weighted by molar-refractivity contribution is 0.0941. The van der Waals surface area contributed by atoms with Crippen LogP contribution in [0.3, 0.4) is 0 Å². The first-order valence-electron chi connectivity index (χ1n) is 8.12. The number of halogens is 1. The van der Waals surface area contributed by atoms with Crippen LogP contribution in [0.15, 0.2) is 36.5 Å². The van der Waals surface area contributed by atoms with E-state index in [2.05, 4.69) is 10.4 Å². The van der Waals surface area contributed by atoms with E-state index in [9.17, 15) is 4.79 Å². The summed E-state index contributed by atoms with van der Waals surface area (Å²) in [5, 5.41) is 7.28. The van der Waals surface area contributed by atoms with Gasteiger partial charge in [0, 0.05) is 17.8 Å². The zero-order chi connectivity index (χ0) is 16.9. The molecule has 1 aromatic heterocycles. The standard InChI is InChI=1S/C18H26N4O.ClH/c1-4-18(19,5-2)13-20-17(23)16-11-21-22(14(16)3)12-15-9-7-6-8-10-15;/h6-11H,4-5,12-13,19H2,1-3H3,(H,20,23);1H. The largest absolute Gasteiger partial charge is 0.350 e. The molecule has 0 saturated heterocycles. The average molecular weight is 351 g/mol. The summed E-state index contributed by atoms with van der Waals surface area (Å²) < 4.78 is 1.85. The molecule has 0 radical (unpaired) electrons. The smallest absolute Gasteiger partial charge is 0.254 e. The van der Waals surface area contributed by atoms with Gasteiger partial charge in [0.2, 0.25) is 0 Å². The van der Waals surface area contributed by atoms with Crippen molar-refractivity contribution >= 4 is 18.3 Å². The van der Waals surface area contributed by atoms with Crippen LogP contribution >= 0.6 is 12.4 Å². The van der Waals surface area contributed by atoms with Gasteiger partial charge in [-0.15, -0.1) is 12.4 Å². The van der Waals surface area contributed by atoms with Crippen LogP contribution in [-0.2, 0) is 6.54 Å². The molecule has 1 aromatic carbocycles. The maximum absolute atomic E-state index is 12.4. The minimum Gasteiger partial charge on any atom is -0.350 e. The van der Waals surface area contributed by atoms with Gasteiger partial charge in [-0.3, -0.25) is 9.48 Å². The van der Waals surface area contributed by atoms with Crippen molar-refractivity contribution in [2.75, 3.05) is 6.54 Å². The average Bonchev–Trinajstić information content (AvgIpc) is 2.94. The molecule has 0 spiro atoms. The quantitative estimate of drug-likeness (QED) is 0.806. The van der Waals surface area contributed by atoms with E-state index in [4.69, 9.17) is 5.73 Å². The Morgan fingerprint density at radius 3 is 2.46 bits per heavy atom. The number of nitrogens with zero attached hydrogens (tertiary/aromatic N) is 2. The molecule has 0 aliphatic rings. The number of nitrogens with one attached hydrogen (secondary N) is 1. The van der Waals surface area contributed by atoms with Crippen LogP contribution in [0, 0.1) is 6.92 Å². The molecule has 1 heterocycles. The number of amides is 1. The number of carbonyl (C=O) groups is 1. The Morgan fingerprint density at radius 1 is 1.25 bits per heavy atom. The van der Waals surface area contributed by atoms with Gasteiger partial charge in [0.25, 0.3) is 5.91 Å². The third-order valence-electron chi connectivity index (χ3n) is 4.53. The van der Waals surface area contributed by atoms with Gasteiger partial charge in [0.1, 0.15) is 0 Å². The van der Waals surface area contributed by atoms with Gasteiger partial charge < -0.3 is 11.1 Å². The van der Waals surface area contributed by atoms with E-state index < -0.39 is 0 Å². The molecule has 0 fully saturated rings. The van der Waals surface area contributed by atoms with Crippen LogP contribution in [0.5, 0.6) is 0 Å². The molecule has 0 aliphatic carbocycles. The van der Waals surface area contributed by atoms with Crippen LogP contribution < -0.4 is 11.1 Å². The lowest BCUT2D eigenvalue weighted by Gasteiger charge is -2.26. The number of hydrogen-bond donors (Lipinski definition) is 2. The summed E-state index contributed by atoms with van der Waals surface area (Å²) >= 11 is 0. The summed E-state index contributed by atoms with van der Waals surface area (Å²) in [6.07, 6.45) is 3.29. The highest BCUT2D eigenvalue weighted by atomic mass is 35.5. The third-order valence-corrected chi connectivity index (χ3v) is 4.53. The summed E-state index contributed by atoms with van der Waals surface area (Å²) in [5.41, 5.74) is 8.52. The summed E-state index contributed by atoms with van der Waals surface area (Å²) in [6.45, 7) is 7.13. The highest BCUT2D eigenvalue weighted by Crippen LogP contribution is 2.12. The number of aromatic nitrogens is 2. The first-order valence-corrected chi connectivity index (χ1v) is 8.12. The second kappa shape index (κ2) is 8.85. The van der Waals surface area contributed by atoms with E-state index in [-0.39, 0.29) is 23.9 Å². The molecule has 1 amide bonds. The van der Waals surface area contributed by atoms with Crippen molar-refractivity contribution in [2.45, 2.75) is 45.7 Å². The molecule has 2 rings (SSSR count). The summed E-state index contributed by atoms with van der Waals surface area (Å²) in [6, 6.07) is 10.1. The van der Waals surface area contributed by atoms with Crippen molar-refractivity contribution in [3.63, 3.8) is 0 Å². The molecular weight excluding hydrogens is 324 g/mol. The van der Waals surface area contributed by atoms with Crippen molar-refractivity contribution in [3.05, 3.63) is 53.3 Å². The molecule has 24 heavy (non-hydrogen) atoms. The lowest BCUT2D eigenvalue weighted by atomic mass is 9.94. The van der Waals surface area contributed by atoms with Gasteiger partial charge in [0.15, 0.2) is 0 Å². The first kappa shape index (κ1) is 20.2. The molecular formula is C18H27ClN4O. The van der Waals surface area contributed by atoms with E-state index in [0.29, 0.717) is 18.7 Å². The summed E-state index contributed by atoms with van der Waals surface area (Å²) in [4.78, 5) is 12.4. The maximum atomic E-state index is 12.4. The topological polar surface area (TPSA) is 72.9 Å². The minimum absolute atomic E-state index is 0. The van der Waals surface area contributed by atoms with Gasteiger partial charge in [-0.25, -0.2) is 0 Å². The highest BCUT2D eigenvalue weighted by Gasteiger charge is 2.22. The Morgan fingerprint density at radius 2 is 1.88 bits per heavy atom. The second-order valence-electron chi connectivity index (χ2n) is 6.04. The fourth-order valence-corrected chi connectivity index (χ4v) is 2.44. The zero-order valence-corrected chi connectivity index (χ0v) is 15.4. The molecule has 0 saturated carbocycles. The van der Waals surface area contributed by atoms with Crippen molar-refractivity contribution in [3.8, 4) is 0 Å². The van der Waals surface area contributed by atoms with Gasteiger partial charge >= 0.3 is 0 Å². The number of hydrogen-bond acceptors (Lipinski definition) is 3. The van der Waals surface area contributed by atoms with Crippen molar-refractivity contribution in [2.24, 2.45) is 5.73 Å². The van der Waals surface area contributed by atoms with E-state index in [1.165, 1.54) is 0 Å². The van der Waals surface area contributed by atoms with E-state index in [1.54, 1.807) is 6.20 Å². The Labute approximate surface area is 150 Å². The Balaban J connectivity index is 0.00000288. The Bertz CT molecular complexity index is 650. The molecule has 0 aliphatic heterocycles. The Hall–Kier alpha value is -1.85. The normalized spacial score (nSPS) is 11.0. The molecule has 0 bridgehead atoms. The molecule has 0 unspecified atom stereocenters. The third kappa shape index (κ3) is 4.82. The predicted molar refractivity (Wildman–Crippen MR) is 99.6 cm³/mol. The molecule has 132 valence electrons.